The Morgan fingerprint density at radius 1 is 1.32 bits per heavy atom. The summed E-state index contributed by atoms with van der Waals surface area (Å²) in [6, 6.07) is 2.36. The minimum Gasteiger partial charge on any atom is -0.478 e. The number of hydrogen-bond acceptors (Lipinski definition) is 4. The number of rotatable bonds is 4. The van der Waals surface area contributed by atoms with Crippen molar-refractivity contribution in [3.05, 3.63) is 11.8 Å². The Bertz CT molecular complexity index is 421. The minimum atomic E-state index is 0.488. The van der Waals surface area contributed by atoms with Crippen molar-refractivity contribution in [2.45, 2.75) is 59.4 Å². The van der Waals surface area contributed by atoms with Gasteiger partial charge in [-0.25, -0.2) is 4.98 Å². The van der Waals surface area contributed by atoms with Gasteiger partial charge in [0.25, 0.3) is 0 Å². The summed E-state index contributed by atoms with van der Waals surface area (Å²) in [4.78, 5) is 8.85. The lowest BCUT2D eigenvalue weighted by molar-refractivity contribution is 0.232. The highest BCUT2D eigenvalue weighted by molar-refractivity contribution is 5.31. The van der Waals surface area contributed by atoms with Crippen molar-refractivity contribution in [1.82, 2.24) is 9.97 Å². The second kappa shape index (κ2) is 5.76. The van der Waals surface area contributed by atoms with E-state index < -0.39 is 0 Å². The van der Waals surface area contributed by atoms with E-state index in [9.17, 15) is 0 Å². The molecule has 1 aromatic heterocycles. The maximum Gasteiger partial charge on any atom is 0.226 e. The normalized spacial score (nSPS) is 19.2. The van der Waals surface area contributed by atoms with Crippen LogP contribution in [0.5, 0.6) is 5.88 Å². The molecule has 1 aromatic rings. The quantitative estimate of drug-likeness (QED) is 0.902. The van der Waals surface area contributed by atoms with Crippen molar-refractivity contribution in [3.8, 4) is 5.88 Å². The van der Waals surface area contributed by atoms with Gasteiger partial charge < -0.3 is 10.1 Å². The van der Waals surface area contributed by atoms with E-state index in [0.29, 0.717) is 29.9 Å². The van der Waals surface area contributed by atoms with Gasteiger partial charge in [0.1, 0.15) is 0 Å². The second-order valence-corrected chi connectivity index (χ2v) is 6.19. The van der Waals surface area contributed by atoms with Gasteiger partial charge in [0.15, 0.2) is 0 Å². The summed E-state index contributed by atoms with van der Waals surface area (Å²) in [7, 11) is 0. The molecular weight excluding hydrogens is 238 g/mol. The maximum atomic E-state index is 5.46. The van der Waals surface area contributed by atoms with E-state index >= 15 is 0 Å². The number of ether oxygens (including phenoxy) is 1. The largest absolute Gasteiger partial charge is 0.478 e. The average Bonchev–Trinajstić information content (AvgIpc) is 2.32. The Balaban J connectivity index is 1.99. The molecule has 106 valence electrons. The van der Waals surface area contributed by atoms with Crippen molar-refractivity contribution in [2.24, 2.45) is 5.41 Å². The van der Waals surface area contributed by atoms with E-state index in [4.69, 9.17) is 4.74 Å². The monoisotopic (exact) mass is 263 g/mol. The van der Waals surface area contributed by atoms with E-state index in [0.717, 1.165) is 5.69 Å². The van der Waals surface area contributed by atoms with Gasteiger partial charge in [0, 0.05) is 17.8 Å². The molecule has 0 saturated heterocycles. The van der Waals surface area contributed by atoms with Crippen LogP contribution in [-0.4, -0.2) is 22.6 Å². The summed E-state index contributed by atoms with van der Waals surface area (Å²) < 4.78 is 5.46. The predicted octanol–water partition coefficient (Wildman–Crippen LogP) is 3.56. The number of anilines is 1. The first-order valence-electron chi connectivity index (χ1n) is 7.23. The van der Waals surface area contributed by atoms with E-state index in [2.05, 4.69) is 29.1 Å². The Morgan fingerprint density at radius 3 is 2.63 bits per heavy atom. The molecule has 0 radical (unpaired) electrons. The lowest BCUT2D eigenvalue weighted by atomic mass is 9.76. The first-order chi connectivity index (χ1) is 8.98. The Kier molecular flexibility index (Phi) is 4.27. The van der Waals surface area contributed by atoms with Gasteiger partial charge in [-0.2, -0.15) is 4.98 Å². The van der Waals surface area contributed by atoms with Crippen LogP contribution >= 0.6 is 0 Å². The van der Waals surface area contributed by atoms with Gasteiger partial charge in [-0.3, -0.25) is 0 Å². The third-order valence-electron chi connectivity index (χ3n) is 3.80. The molecule has 1 N–H and O–H groups in total. The van der Waals surface area contributed by atoms with Crippen molar-refractivity contribution >= 4 is 5.95 Å². The van der Waals surface area contributed by atoms with Crippen LogP contribution < -0.4 is 10.1 Å². The lowest BCUT2D eigenvalue weighted by Gasteiger charge is -2.34. The van der Waals surface area contributed by atoms with Crippen LogP contribution in [0.2, 0.25) is 0 Å². The van der Waals surface area contributed by atoms with Gasteiger partial charge >= 0.3 is 0 Å². The summed E-state index contributed by atoms with van der Waals surface area (Å²) in [6.45, 7) is 9.26. The van der Waals surface area contributed by atoms with Crippen LogP contribution in [0, 0.1) is 12.3 Å². The molecule has 0 spiro atoms. The third-order valence-corrected chi connectivity index (χ3v) is 3.80. The smallest absolute Gasteiger partial charge is 0.226 e. The molecule has 4 nitrogen and oxygen atoms in total. The van der Waals surface area contributed by atoms with Crippen LogP contribution in [-0.2, 0) is 0 Å². The average molecular weight is 263 g/mol. The molecule has 0 aromatic carbocycles. The van der Waals surface area contributed by atoms with Gasteiger partial charge in [-0.1, -0.05) is 13.8 Å². The summed E-state index contributed by atoms with van der Waals surface area (Å²) in [6.07, 6.45) is 4.89. The van der Waals surface area contributed by atoms with Crippen LogP contribution in [0.3, 0.4) is 0 Å². The zero-order valence-corrected chi connectivity index (χ0v) is 12.5. The first kappa shape index (κ1) is 14.1. The van der Waals surface area contributed by atoms with Crippen LogP contribution in [0.25, 0.3) is 0 Å². The van der Waals surface area contributed by atoms with Crippen LogP contribution in [0.15, 0.2) is 6.07 Å². The Morgan fingerprint density at radius 2 is 2.00 bits per heavy atom. The molecule has 0 bridgehead atoms. The summed E-state index contributed by atoms with van der Waals surface area (Å²) in [5, 5.41) is 3.46. The number of nitrogens with zero attached hydrogens (tertiary/aromatic N) is 2. The van der Waals surface area contributed by atoms with Gasteiger partial charge in [-0.15, -0.1) is 0 Å². The summed E-state index contributed by atoms with van der Waals surface area (Å²) in [5.41, 5.74) is 1.43. The summed E-state index contributed by atoms with van der Waals surface area (Å²) in [5.74, 6) is 1.36. The highest BCUT2D eigenvalue weighted by Crippen LogP contribution is 2.35. The number of hydrogen-bond donors (Lipinski definition) is 1. The topological polar surface area (TPSA) is 47.0 Å². The molecule has 0 aliphatic heterocycles. The van der Waals surface area contributed by atoms with Crippen molar-refractivity contribution in [3.63, 3.8) is 0 Å². The molecule has 1 aliphatic carbocycles. The van der Waals surface area contributed by atoms with Gasteiger partial charge in [-0.05, 0) is 44.9 Å². The standard InChI is InChI=1S/C15H25N3O/c1-5-19-13-10-11(2)16-14(18-13)17-12-6-8-15(3,4)9-7-12/h10,12H,5-9H2,1-4H3,(H,16,17,18). The molecular formula is C15H25N3O. The fraction of sp³-hybridized carbons (Fsp3) is 0.733. The molecule has 19 heavy (non-hydrogen) atoms. The number of nitrogens with one attached hydrogen (secondary N) is 1. The molecule has 1 fully saturated rings. The van der Waals surface area contributed by atoms with Crippen molar-refractivity contribution in [2.75, 3.05) is 11.9 Å². The molecule has 4 heteroatoms. The second-order valence-electron chi connectivity index (χ2n) is 6.19. The Labute approximate surface area is 116 Å². The van der Waals surface area contributed by atoms with Gasteiger partial charge in [0.05, 0.1) is 6.61 Å². The molecule has 0 amide bonds. The van der Waals surface area contributed by atoms with E-state index in [1.54, 1.807) is 0 Å². The van der Waals surface area contributed by atoms with E-state index in [1.165, 1.54) is 25.7 Å². The SMILES string of the molecule is CCOc1cc(C)nc(NC2CCC(C)(C)CC2)n1. The number of aromatic nitrogens is 2. The fourth-order valence-corrected chi connectivity index (χ4v) is 2.55. The third kappa shape index (κ3) is 4.08. The minimum absolute atomic E-state index is 0.488. The first-order valence-corrected chi connectivity index (χ1v) is 7.23. The Hall–Kier alpha value is -1.32. The molecule has 1 saturated carbocycles. The summed E-state index contributed by atoms with van der Waals surface area (Å²) >= 11 is 0. The van der Waals surface area contributed by atoms with E-state index in [1.807, 2.05) is 19.9 Å². The highest BCUT2D eigenvalue weighted by Gasteiger charge is 2.27. The highest BCUT2D eigenvalue weighted by atomic mass is 16.5. The van der Waals surface area contributed by atoms with Crippen molar-refractivity contribution in [1.29, 1.82) is 0 Å². The van der Waals surface area contributed by atoms with E-state index in [-0.39, 0.29) is 0 Å². The molecule has 1 heterocycles. The molecule has 0 unspecified atom stereocenters. The van der Waals surface area contributed by atoms with Crippen LogP contribution in [0.1, 0.15) is 52.1 Å². The molecule has 2 rings (SSSR count). The molecule has 1 aliphatic rings. The van der Waals surface area contributed by atoms with Crippen molar-refractivity contribution < 1.29 is 4.74 Å². The number of aryl methyl sites for hydroxylation is 1. The van der Waals surface area contributed by atoms with Gasteiger partial charge in [0.2, 0.25) is 11.8 Å². The maximum absolute atomic E-state index is 5.46. The lowest BCUT2D eigenvalue weighted by Crippen LogP contribution is -2.30. The zero-order chi connectivity index (χ0) is 13.9. The molecule has 0 atom stereocenters. The predicted molar refractivity (Wildman–Crippen MR) is 77.6 cm³/mol. The fourth-order valence-electron chi connectivity index (χ4n) is 2.55. The zero-order valence-electron chi connectivity index (χ0n) is 12.5. The van der Waals surface area contributed by atoms with Crippen LogP contribution in [0.4, 0.5) is 5.95 Å².